The summed E-state index contributed by atoms with van der Waals surface area (Å²) in [6.07, 6.45) is 6.50. The van der Waals surface area contributed by atoms with Crippen LogP contribution < -0.4 is 10.2 Å². The van der Waals surface area contributed by atoms with Gasteiger partial charge in [-0.05, 0) is 33.2 Å². The van der Waals surface area contributed by atoms with E-state index >= 15 is 0 Å². The van der Waals surface area contributed by atoms with E-state index in [1.54, 1.807) is 0 Å². The summed E-state index contributed by atoms with van der Waals surface area (Å²) in [4.78, 5) is 8.80. The Hall–Kier alpha value is -0.610. The first-order chi connectivity index (χ1) is 8.80. The average Bonchev–Trinajstić information content (AvgIpc) is 3.01. The lowest BCUT2D eigenvalue weighted by atomic mass is 10.2. The van der Waals surface area contributed by atoms with Gasteiger partial charge in [-0.1, -0.05) is 19.8 Å². The summed E-state index contributed by atoms with van der Waals surface area (Å²) in [5.74, 6) is 0. The van der Waals surface area contributed by atoms with Crippen molar-refractivity contribution in [3.8, 4) is 0 Å². The predicted molar refractivity (Wildman–Crippen MR) is 79.5 cm³/mol. The maximum Gasteiger partial charge on any atom is 0.186 e. The molecule has 1 aliphatic carbocycles. The summed E-state index contributed by atoms with van der Waals surface area (Å²) in [5, 5.41) is 4.49. The second-order valence-electron chi connectivity index (χ2n) is 4.97. The van der Waals surface area contributed by atoms with E-state index < -0.39 is 0 Å². The van der Waals surface area contributed by atoms with Gasteiger partial charge in [0.05, 0.1) is 5.69 Å². The van der Waals surface area contributed by atoms with Crippen LogP contribution in [0.2, 0.25) is 0 Å². The van der Waals surface area contributed by atoms with Crippen molar-refractivity contribution in [1.29, 1.82) is 0 Å². The molecule has 1 saturated carbocycles. The van der Waals surface area contributed by atoms with Gasteiger partial charge in [0.1, 0.15) is 0 Å². The third kappa shape index (κ3) is 2.86. The van der Waals surface area contributed by atoms with Crippen LogP contribution in [0.1, 0.15) is 50.1 Å². The number of hydrogen-bond acceptors (Lipinski definition) is 4. The van der Waals surface area contributed by atoms with E-state index in [2.05, 4.69) is 24.1 Å². The number of anilines is 1. The topological polar surface area (TPSA) is 28.2 Å². The molecule has 1 fully saturated rings. The Labute approximate surface area is 115 Å². The number of rotatable bonds is 6. The molecule has 1 aliphatic rings. The third-order valence-electron chi connectivity index (χ3n) is 3.79. The van der Waals surface area contributed by atoms with E-state index in [1.165, 1.54) is 41.4 Å². The Morgan fingerprint density at radius 3 is 2.61 bits per heavy atom. The Balaban J connectivity index is 2.19. The van der Waals surface area contributed by atoms with Crippen molar-refractivity contribution in [2.45, 2.75) is 58.5 Å². The van der Waals surface area contributed by atoms with Crippen molar-refractivity contribution in [1.82, 2.24) is 10.3 Å². The van der Waals surface area contributed by atoms with Crippen molar-refractivity contribution in [2.24, 2.45) is 0 Å². The van der Waals surface area contributed by atoms with Gasteiger partial charge >= 0.3 is 0 Å². The highest BCUT2D eigenvalue weighted by molar-refractivity contribution is 7.15. The summed E-state index contributed by atoms with van der Waals surface area (Å²) in [6.45, 7) is 6.48. The van der Waals surface area contributed by atoms with E-state index in [1.807, 2.05) is 18.4 Å². The van der Waals surface area contributed by atoms with Gasteiger partial charge in [0.15, 0.2) is 5.13 Å². The molecular formula is C14H25N3S. The number of thiazole rings is 1. The molecule has 0 spiro atoms. The minimum Gasteiger partial charge on any atom is -0.345 e. The minimum absolute atomic E-state index is 0.730. The lowest BCUT2D eigenvalue weighted by molar-refractivity contribution is 0.617. The number of nitrogens with one attached hydrogen (secondary N) is 1. The molecule has 102 valence electrons. The Morgan fingerprint density at radius 1 is 1.33 bits per heavy atom. The van der Waals surface area contributed by atoms with E-state index in [0.717, 1.165) is 25.6 Å². The maximum atomic E-state index is 4.87. The fraction of sp³-hybridized carbons (Fsp3) is 0.786. The van der Waals surface area contributed by atoms with Crippen LogP contribution in [-0.2, 0) is 13.0 Å². The molecule has 3 nitrogen and oxygen atoms in total. The first-order valence-corrected chi connectivity index (χ1v) is 8.01. The number of aryl methyl sites for hydroxylation is 1. The molecule has 0 saturated heterocycles. The summed E-state index contributed by atoms with van der Waals surface area (Å²) in [7, 11) is 2.01. The molecule has 0 radical (unpaired) electrons. The van der Waals surface area contributed by atoms with Crippen LogP contribution in [0.25, 0.3) is 0 Å². The molecule has 1 N–H and O–H groups in total. The van der Waals surface area contributed by atoms with Crippen LogP contribution in [0.3, 0.4) is 0 Å². The molecule has 1 heterocycles. The molecular weight excluding hydrogens is 242 g/mol. The minimum atomic E-state index is 0.730. The van der Waals surface area contributed by atoms with Gasteiger partial charge in [0.25, 0.3) is 0 Å². The van der Waals surface area contributed by atoms with Gasteiger partial charge in [0.2, 0.25) is 0 Å². The Morgan fingerprint density at radius 2 is 2.06 bits per heavy atom. The summed E-state index contributed by atoms with van der Waals surface area (Å²) >= 11 is 1.88. The Bertz CT molecular complexity index is 369. The standard InChI is InChI=1S/C14H25N3S/c1-4-12-13(10-15-3)18-14(16-12)17(5-2)11-8-6-7-9-11/h11,15H,4-10H2,1-3H3. The summed E-state index contributed by atoms with van der Waals surface area (Å²) in [5.41, 5.74) is 1.28. The molecule has 0 atom stereocenters. The van der Waals surface area contributed by atoms with E-state index in [4.69, 9.17) is 4.98 Å². The normalized spacial score (nSPS) is 16.4. The van der Waals surface area contributed by atoms with Gasteiger partial charge < -0.3 is 10.2 Å². The van der Waals surface area contributed by atoms with Gasteiger partial charge in [-0.25, -0.2) is 4.98 Å². The highest BCUT2D eigenvalue weighted by Crippen LogP contribution is 2.32. The number of hydrogen-bond donors (Lipinski definition) is 1. The molecule has 0 aliphatic heterocycles. The first-order valence-electron chi connectivity index (χ1n) is 7.19. The lowest BCUT2D eigenvalue weighted by Crippen LogP contribution is -2.32. The SMILES string of the molecule is CCc1nc(N(CC)C2CCCC2)sc1CNC. The van der Waals surface area contributed by atoms with Gasteiger partial charge in [-0.3, -0.25) is 0 Å². The molecule has 0 amide bonds. The van der Waals surface area contributed by atoms with Crippen molar-refractivity contribution < 1.29 is 0 Å². The van der Waals surface area contributed by atoms with E-state index in [-0.39, 0.29) is 0 Å². The Kier molecular flexibility index (Phi) is 5.01. The largest absolute Gasteiger partial charge is 0.345 e. The van der Waals surface area contributed by atoms with Crippen molar-refractivity contribution in [3.05, 3.63) is 10.6 Å². The second kappa shape index (κ2) is 6.53. The van der Waals surface area contributed by atoms with Crippen LogP contribution >= 0.6 is 11.3 Å². The zero-order valence-electron chi connectivity index (χ0n) is 11.8. The van der Waals surface area contributed by atoms with E-state index in [0.29, 0.717) is 0 Å². The smallest absolute Gasteiger partial charge is 0.186 e. The molecule has 1 aromatic rings. The van der Waals surface area contributed by atoms with Crippen LogP contribution in [0.15, 0.2) is 0 Å². The molecule has 18 heavy (non-hydrogen) atoms. The van der Waals surface area contributed by atoms with Crippen molar-refractivity contribution in [3.63, 3.8) is 0 Å². The molecule has 0 unspecified atom stereocenters. The average molecular weight is 267 g/mol. The third-order valence-corrected chi connectivity index (χ3v) is 4.93. The summed E-state index contributed by atoms with van der Waals surface area (Å²) in [6, 6.07) is 0.730. The summed E-state index contributed by atoms with van der Waals surface area (Å²) < 4.78 is 0. The highest BCUT2D eigenvalue weighted by atomic mass is 32.1. The lowest BCUT2D eigenvalue weighted by Gasteiger charge is -2.26. The number of aromatic nitrogens is 1. The molecule has 0 bridgehead atoms. The van der Waals surface area contributed by atoms with Crippen LogP contribution in [0, 0.1) is 0 Å². The highest BCUT2D eigenvalue weighted by Gasteiger charge is 2.24. The van der Waals surface area contributed by atoms with Gasteiger partial charge in [-0.15, -0.1) is 11.3 Å². The van der Waals surface area contributed by atoms with Crippen molar-refractivity contribution in [2.75, 3.05) is 18.5 Å². The van der Waals surface area contributed by atoms with Gasteiger partial charge in [0, 0.05) is 24.0 Å². The van der Waals surface area contributed by atoms with Crippen LogP contribution in [0.5, 0.6) is 0 Å². The predicted octanol–water partition coefficient (Wildman–Crippen LogP) is 3.19. The fourth-order valence-corrected chi connectivity index (χ4v) is 4.13. The molecule has 0 aromatic carbocycles. The first kappa shape index (κ1) is 13.8. The quantitative estimate of drug-likeness (QED) is 0.858. The van der Waals surface area contributed by atoms with Gasteiger partial charge in [-0.2, -0.15) is 0 Å². The van der Waals surface area contributed by atoms with E-state index in [9.17, 15) is 0 Å². The maximum absolute atomic E-state index is 4.87. The fourth-order valence-electron chi connectivity index (χ4n) is 2.83. The van der Waals surface area contributed by atoms with Crippen molar-refractivity contribution >= 4 is 16.5 Å². The van der Waals surface area contributed by atoms with Crippen LogP contribution in [0.4, 0.5) is 5.13 Å². The monoisotopic (exact) mass is 267 g/mol. The zero-order valence-corrected chi connectivity index (χ0v) is 12.6. The molecule has 1 aromatic heterocycles. The molecule has 4 heteroatoms. The van der Waals surface area contributed by atoms with Crippen LogP contribution in [-0.4, -0.2) is 24.6 Å². The number of nitrogens with zero attached hydrogens (tertiary/aromatic N) is 2. The molecule has 2 rings (SSSR count). The second-order valence-corrected chi connectivity index (χ2v) is 6.04. The zero-order chi connectivity index (χ0) is 13.0.